The lowest BCUT2D eigenvalue weighted by molar-refractivity contribution is 0.155. The molecule has 0 aromatic carbocycles. The molecule has 0 radical (unpaired) electrons. The third kappa shape index (κ3) is 3.54. The highest BCUT2D eigenvalue weighted by Gasteiger charge is 2.08. The Morgan fingerprint density at radius 1 is 1.53 bits per heavy atom. The Balaban J connectivity index is 2.90. The second-order valence-electron chi connectivity index (χ2n) is 3.80. The minimum atomic E-state index is -0.737. The molecular weight excluding hydrogens is 220 g/mol. The molecule has 0 spiro atoms. The van der Waals surface area contributed by atoms with Crippen molar-refractivity contribution in [1.29, 1.82) is 0 Å². The van der Waals surface area contributed by atoms with E-state index in [1.807, 2.05) is 18.7 Å². The Morgan fingerprint density at radius 3 is 2.65 bits per heavy atom. The van der Waals surface area contributed by atoms with Crippen LogP contribution in [-0.4, -0.2) is 40.6 Å². The first-order valence-corrected chi connectivity index (χ1v) is 5.82. The molecule has 1 aromatic rings. The zero-order chi connectivity index (χ0) is 12.8. The Bertz CT molecular complexity index is 401. The lowest BCUT2D eigenvalue weighted by atomic mass is 10.3. The second kappa shape index (κ2) is 6.36. The number of rotatable bonds is 6. The summed E-state index contributed by atoms with van der Waals surface area (Å²) < 4.78 is 1.23. The summed E-state index contributed by atoms with van der Waals surface area (Å²) in [6.07, 6.45) is 0.900. The molecule has 3 N–H and O–H groups in total. The standard InChI is InChI=1S/C11H20N4O2/c1-3-14(4-2)9-5-11(17)15(13-7-9)8-10(16)6-12/h5,7,10,16H,3-4,6,8,12H2,1-2H3. The van der Waals surface area contributed by atoms with Crippen molar-refractivity contribution in [3.63, 3.8) is 0 Å². The summed E-state index contributed by atoms with van der Waals surface area (Å²) in [5.41, 5.74) is 5.87. The van der Waals surface area contributed by atoms with E-state index < -0.39 is 6.10 Å². The quantitative estimate of drug-likeness (QED) is 0.694. The van der Waals surface area contributed by atoms with Gasteiger partial charge in [0.25, 0.3) is 5.56 Å². The van der Waals surface area contributed by atoms with E-state index in [2.05, 4.69) is 5.10 Å². The molecule has 0 bridgehead atoms. The Labute approximate surface area is 101 Å². The van der Waals surface area contributed by atoms with Crippen molar-refractivity contribution >= 4 is 5.69 Å². The van der Waals surface area contributed by atoms with Crippen LogP contribution >= 0.6 is 0 Å². The molecule has 0 saturated heterocycles. The highest BCUT2D eigenvalue weighted by Crippen LogP contribution is 2.08. The van der Waals surface area contributed by atoms with Crippen LogP contribution in [0.1, 0.15) is 13.8 Å². The van der Waals surface area contributed by atoms with Gasteiger partial charge in [0.05, 0.1) is 24.5 Å². The number of aromatic nitrogens is 2. The monoisotopic (exact) mass is 240 g/mol. The molecule has 0 saturated carbocycles. The maximum Gasteiger partial charge on any atom is 0.268 e. The van der Waals surface area contributed by atoms with Crippen molar-refractivity contribution in [3.8, 4) is 0 Å². The van der Waals surface area contributed by atoms with E-state index >= 15 is 0 Å². The lowest BCUT2D eigenvalue weighted by Crippen LogP contribution is -2.33. The molecule has 96 valence electrons. The largest absolute Gasteiger partial charge is 0.390 e. The lowest BCUT2D eigenvalue weighted by Gasteiger charge is -2.20. The van der Waals surface area contributed by atoms with Gasteiger partial charge in [-0.3, -0.25) is 4.79 Å². The highest BCUT2D eigenvalue weighted by molar-refractivity contribution is 5.42. The first-order chi connectivity index (χ1) is 8.12. The molecule has 1 rings (SSSR count). The van der Waals surface area contributed by atoms with Crippen LogP contribution in [0.15, 0.2) is 17.1 Å². The van der Waals surface area contributed by atoms with E-state index in [0.29, 0.717) is 0 Å². The van der Waals surface area contributed by atoms with E-state index in [0.717, 1.165) is 18.8 Å². The molecule has 0 aliphatic carbocycles. The van der Waals surface area contributed by atoms with Gasteiger partial charge in [0.2, 0.25) is 0 Å². The average Bonchev–Trinajstić information content (AvgIpc) is 2.33. The minimum absolute atomic E-state index is 0.117. The van der Waals surface area contributed by atoms with Gasteiger partial charge in [-0.1, -0.05) is 0 Å². The zero-order valence-electron chi connectivity index (χ0n) is 10.3. The fourth-order valence-electron chi connectivity index (χ4n) is 1.60. The molecule has 17 heavy (non-hydrogen) atoms. The van der Waals surface area contributed by atoms with Crippen molar-refractivity contribution in [1.82, 2.24) is 9.78 Å². The van der Waals surface area contributed by atoms with Crippen molar-refractivity contribution in [2.45, 2.75) is 26.5 Å². The molecule has 1 heterocycles. The molecular formula is C11H20N4O2. The summed E-state index contributed by atoms with van der Waals surface area (Å²) in [6, 6.07) is 1.53. The van der Waals surface area contributed by atoms with Gasteiger partial charge in [0.15, 0.2) is 0 Å². The second-order valence-corrected chi connectivity index (χ2v) is 3.80. The Morgan fingerprint density at radius 2 is 2.18 bits per heavy atom. The molecule has 0 amide bonds. The van der Waals surface area contributed by atoms with Gasteiger partial charge in [-0.25, -0.2) is 4.68 Å². The summed E-state index contributed by atoms with van der Waals surface area (Å²) in [4.78, 5) is 13.8. The van der Waals surface area contributed by atoms with E-state index in [1.165, 1.54) is 10.7 Å². The van der Waals surface area contributed by atoms with Crippen molar-refractivity contribution in [2.24, 2.45) is 5.73 Å². The Kier molecular flexibility index (Phi) is 5.11. The van der Waals surface area contributed by atoms with Crippen LogP contribution in [0.2, 0.25) is 0 Å². The normalized spacial score (nSPS) is 12.5. The number of hydrogen-bond acceptors (Lipinski definition) is 5. The molecule has 0 aliphatic heterocycles. The summed E-state index contributed by atoms with van der Waals surface area (Å²) in [5, 5.41) is 13.4. The van der Waals surface area contributed by atoms with Crippen molar-refractivity contribution < 1.29 is 5.11 Å². The molecule has 1 atom stereocenters. The highest BCUT2D eigenvalue weighted by atomic mass is 16.3. The van der Waals surface area contributed by atoms with Gasteiger partial charge in [-0.15, -0.1) is 0 Å². The number of nitrogens with two attached hydrogens (primary N) is 1. The maximum atomic E-state index is 11.7. The van der Waals surface area contributed by atoms with E-state index in [-0.39, 0.29) is 18.6 Å². The number of hydrogen-bond donors (Lipinski definition) is 2. The predicted molar refractivity (Wildman–Crippen MR) is 67.1 cm³/mol. The number of anilines is 1. The molecule has 6 heteroatoms. The molecule has 6 nitrogen and oxygen atoms in total. The summed E-state index contributed by atoms with van der Waals surface area (Å²) in [7, 11) is 0. The maximum absolute atomic E-state index is 11.7. The van der Waals surface area contributed by atoms with Gasteiger partial charge >= 0.3 is 0 Å². The van der Waals surface area contributed by atoms with Crippen molar-refractivity contribution in [3.05, 3.63) is 22.6 Å². The summed E-state index contributed by atoms with van der Waals surface area (Å²) in [5.74, 6) is 0. The molecule has 1 unspecified atom stereocenters. The molecule has 1 aromatic heterocycles. The SMILES string of the molecule is CCN(CC)c1cnn(CC(O)CN)c(=O)c1. The van der Waals surface area contributed by atoms with Crippen LogP contribution in [-0.2, 0) is 6.54 Å². The van der Waals surface area contributed by atoms with Gasteiger partial charge in [0, 0.05) is 25.7 Å². The first kappa shape index (κ1) is 13.7. The minimum Gasteiger partial charge on any atom is -0.390 e. The fraction of sp³-hybridized carbons (Fsp3) is 0.636. The van der Waals surface area contributed by atoms with Crippen LogP contribution in [0.25, 0.3) is 0 Å². The fourth-order valence-corrected chi connectivity index (χ4v) is 1.60. The van der Waals surface area contributed by atoms with Gasteiger partial charge in [-0.05, 0) is 13.8 Å². The third-order valence-corrected chi connectivity index (χ3v) is 2.64. The van der Waals surface area contributed by atoms with Gasteiger partial charge in [-0.2, -0.15) is 5.10 Å². The van der Waals surface area contributed by atoms with Crippen LogP contribution in [0.3, 0.4) is 0 Å². The number of nitrogens with zero attached hydrogens (tertiary/aromatic N) is 3. The van der Waals surface area contributed by atoms with Crippen LogP contribution in [0.5, 0.6) is 0 Å². The summed E-state index contributed by atoms with van der Waals surface area (Å²) in [6.45, 7) is 5.94. The van der Waals surface area contributed by atoms with Gasteiger partial charge in [0.1, 0.15) is 0 Å². The van der Waals surface area contributed by atoms with E-state index in [9.17, 15) is 9.90 Å². The molecule has 0 aliphatic rings. The van der Waals surface area contributed by atoms with Crippen LogP contribution in [0.4, 0.5) is 5.69 Å². The average molecular weight is 240 g/mol. The zero-order valence-corrected chi connectivity index (χ0v) is 10.3. The Hall–Kier alpha value is -1.40. The van der Waals surface area contributed by atoms with E-state index in [1.54, 1.807) is 6.20 Å². The van der Waals surface area contributed by atoms with Crippen LogP contribution in [0, 0.1) is 0 Å². The van der Waals surface area contributed by atoms with E-state index in [4.69, 9.17) is 5.73 Å². The van der Waals surface area contributed by atoms with Gasteiger partial charge < -0.3 is 15.7 Å². The number of aliphatic hydroxyl groups is 1. The predicted octanol–water partition coefficient (Wildman–Crippen LogP) is -0.591. The van der Waals surface area contributed by atoms with Crippen molar-refractivity contribution in [2.75, 3.05) is 24.5 Å². The molecule has 0 fully saturated rings. The number of aliphatic hydroxyl groups excluding tert-OH is 1. The van der Waals surface area contributed by atoms with Crippen LogP contribution < -0.4 is 16.2 Å². The smallest absolute Gasteiger partial charge is 0.268 e. The first-order valence-electron chi connectivity index (χ1n) is 5.82. The topological polar surface area (TPSA) is 84.4 Å². The summed E-state index contributed by atoms with van der Waals surface area (Å²) >= 11 is 0. The third-order valence-electron chi connectivity index (χ3n) is 2.64.